The van der Waals surface area contributed by atoms with Crippen LogP contribution in [0.3, 0.4) is 0 Å². The van der Waals surface area contributed by atoms with Gasteiger partial charge in [0, 0.05) is 47.1 Å². The highest BCUT2D eigenvalue weighted by molar-refractivity contribution is 7.15. The molecule has 2 aromatic carbocycles. The Kier molecular flexibility index (Phi) is 7.46. The van der Waals surface area contributed by atoms with Crippen LogP contribution in [0.1, 0.15) is 35.3 Å². The average molecular weight is 496 g/mol. The smallest absolute Gasteiger partial charge is 0.165 e. The molecule has 0 saturated carbocycles. The Bertz CT molecular complexity index is 1150. The second-order valence-corrected chi connectivity index (χ2v) is 10.5. The first-order chi connectivity index (χ1) is 17.1. The van der Waals surface area contributed by atoms with Crippen molar-refractivity contribution in [3.63, 3.8) is 0 Å². The maximum atomic E-state index is 10.4. The molecule has 2 aliphatic rings. The molecule has 6 nitrogen and oxygen atoms in total. The number of ether oxygens (including phenoxy) is 4. The minimum absolute atomic E-state index is 0.130. The number of rotatable bonds is 7. The van der Waals surface area contributed by atoms with Crippen LogP contribution in [-0.4, -0.2) is 49.6 Å². The number of aromatic hydroxyl groups is 1. The van der Waals surface area contributed by atoms with Crippen molar-refractivity contribution in [3.05, 3.63) is 58.5 Å². The van der Waals surface area contributed by atoms with Gasteiger partial charge in [0.25, 0.3) is 0 Å². The summed E-state index contributed by atoms with van der Waals surface area (Å²) in [7, 11) is 1.64. The fourth-order valence-electron chi connectivity index (χ4n) is 4.69. The van der Waals surface area contributed by atoms with E-state index in [1.165, 1.54) is 16.2 Å². The number of methoxy groups -OCH3 is 1. The van der Waals surface area contributed by atoms with E-state index < -0.39 is 0 Å². The van der Waals surface area contributed by atoms with Crippen molar-refractivity contribution < 1.29 is 24.1 Å². The minimum atomic E-state index is 0.130. The lowest BCUT2D eigenvalue weighted by atomic mass is 10.1. The Balaban J connectivity index is 1.43. The second-order valence-electron chi connectivity index (χ2n) is 9.23. The van der Waals surface area contributed by atoms with Crippen LogP contribution >= 0.6 is 11.3 Å². The lowest BCUT2D eigenvalue weighted by molar-refractivity contribution is -0.0115. The Labute approximate surface area is 211 Å². The summed E-state index contributed by atoms with van der Waals surface area (Å²) in [6.07, 6.45) is 3.47. The van der Waals surface area contributed by atoms with Crippen LogP contribution in [0.5, 0.6) is 23.0 Å². The van der Waals surface area contributed by atoms with Crippen LogP contribution in [0.2, 0.25) is 0 Å². The SMILES string of the molecule is COc1ccc(O)c(CN2CCOc3c(cc(-c4ccc(C)s4)cc3OCC3CCCCO3)C2)c1. The van der Waals surface area contributed by atoms with Gasteiger partial charge in [-0.15, -0.1) is 11.3 Å². The van der Waals surface area contributed by atoms with Crippen LogP contribution in [0.15, 0.2) is 42.5 Å². The van der Waals surface area contributed by atoms with E-state index >= 15 is 0 Å². The van der Waals surface area contributed by atoms with E-state index in [1.54, 1.807) is 30.6 Å². The zero-order valence-corrected chi connectivity index (χ0v) is 21.2. The van der Waals surface area contributed by atoms with E-state index in [2.05, 4.69) is 36.1 Å². The number of benzene rings is 2. The summed E-state index contributed by atoms with van der Waals surface area (Å²) < 4.78 is 23.9. The van der Waals surface area contributed by atoms with Gasteiger partial charge in [0.05, 0.1) is 13.2 Å². The summed E-state index contributed by atoms with van der Waals surface area (Å²) in [5.41, 5.74) is 3.06. The Morgan fingerprint density at radius 2 is 2.03 bits per heavy atom. The fourth-order valence-corrected chi connectivity index (χ4v) is 5.54. The van der Waals surface area contributed by atoms with Crippen molar-refractivity contribution in [2.75, 3.05) is 33.5 Å². The van der Waals surface area contributed by atoms with Crippen LogP contribution in [0.4, 0.5) is 0 Å². The number of hydrogen-bond donors (Lipinski definition) is 1. The monoisotopic (exact) mass is 495 g/mol. The van der Waals surface area contributed by atoms with E-state index in [1.807, 2.05) is 6.07 Å². The van der Waals surface area contributed by atoms with Crippen molar-refractivity contribution in [1.29, 1.82) is 0 Å². The van der Waals surface area contributed by atoms with E-state index in [4.69, 9.17) is 18.9 Å². The molecule has 186 valence electrons. The summed E-state index contributed by atoms with van der Waals surface area (Å²) in [4.78, 5) is 4.78. The average Bonchev–Trinajstić information content (AvgIpc) is 3.21. The van der Waals surface area contributed by atoms with Crippen molar-refractivity contribution >= 4 is 11.3 Å². The first-order valence-electron chi connectivity index (χ1n) is 12.3. The van der Waals surface area contributed by atoms with Gasteiger partial charge < -0.3 is 24.1 Å². The predicted octanol–water partition coefficient (Wildman–Crippen LogP) is 5.78. The third kappa shape index (κ3) is 5.74. The fraction of sp³-hybridized carbons (Fsp3) is 0.429. The molecule has 0 spiro atoms. The Morgan fingerprint density at radius 1 is 1.11 bits per heavy atom. The van der Waals surface area contributed by atoms with Crippen LogP contribution in [0.25, 0.3) is 10.4 Å². The highest BCUT2D eigenvalue weighted by Gasteiger charge is 2.23. The van der Waals surface area contributed by atoms with Gasteiger partial charge in [-0.3, -0.25) is 4.90 Å². The standard InChI is InChI=1S/C28H33NO5S/c1-19-6-9-27(35-19)20-13-22-17-29(16-21-14-23(31-2)7-8-25(21)30)10-12-33-28(22)26(15-20)34-18-24-5-3-4-11-32-24/h6-9,13-15,24,30H,3-5,10-12,16-18H2,1-2H3. The number of aryl methyl sites for hydroxylation is 1. The quantitative estimate of drug-likeness (QED) is 0.448. The summed E-state index contributed by atoms with van der Waals surface area (Å²) in [6.45, 7) is 6.05. The molecule has 0 aliphatic carbocycles. The number of thiophene rings is 1. The van der Waals surface area contributed by atoms with Gasteiger partial charge in [-0.2, -0.15) is 0 Å². The highest BCUT2D eigenvalue weighted by atomic mass is 32.1. The molecule has 35 heavy (non-hydrogen) atoms. The van der Waals surface area contributed by atoms with Crippen LogP contribution < -0.4 is 14.2 Å². The Morgan fingerprint density at radius 3 is 2.80 bits per heavy atom. The molecule has 3 aromatic rings. The molecule has 0 amide bonds. The first-order valence-corrected chi connectivity index (χ1v) is 13.1. The third-order valence-corrected chi connectivity index (χ3v) is 7.63. The number of phenols is 1. The Hall–Kier alpha value is -2.74. The van der Waals surface area contributed by atoms with Gasteiger partial charge in [0.2, 0.25) is 0 Å². The lowest BCUT2D eigenvalue weighted by Gasteiger charge is -2.24. The first kappa shape index (κ1) is 24.0. The summed E-state index contributed by atoms with van der Waals surface area (Å²) in [5.74, 6) is 2.61. The van der Waals surface area contributed by atoms with E-state index in [-0.39, 0.29) is 11.9 Å². The second kappa shape index (κ2) is 10.9. The van der Waals surface area contributed by atoms with Gasteiger partial charge >= 0.3 is 0 Å². The molecule has 1 unspecified atom stereocenters. The molecule has 3 heterocycles. The van der Waals surface area contributed by atoms with E-state index in [0.29, 0.717) is 26.3 Å². The molecular weight excluding hydrogens is 462 g/mol. The molecule has 7 heteroatoms. The molecule has 1 fully saturated rings. The number of hydrogen-bond acceptors (Lipinski definition) is 7. The molecule has 0 radical (unpaired) electrons. The maximum Gasteiger partial charge on any atom is 0.165 e. The van der Waals surface area contributed by atoms with Gasteiger partial charge in [-0.1, -0.05) is 0 Å². The lowest BCUT2D eigenvalue weighted by Crippen LogP contribution is -2.26. The van der Waals surface area contributed by atoms with Crippen molar-refractivity contribution in [2.24, 2.45) is 0 Å². The van der Waals surface area contributed by atoms with Crippen molar-refractivity contribution in [3.8, 4) is 33.4 Å². The molecule has 2 aliphatic heterocycles. The maximum absolute atomic E-state index is 10.4. The molecule has 5 rings (SSSR count). The number of fused-ring (bicyclic) bond motifs is 1. The predicted molar refractivity (Wildman–Crippen MR) is 138 cm³/mol. The third-order valence-electron chi connectivity index (χ3n) is 6.58. The van der Waals surface area contributed by atoms with Crippen LogP contribution in [0, 0.1) is 6.92 Å². The summed E-state index contributed by atoms with van der Waals surface area (Å²) >= 11 is 1.78. The summed E-state index contributed by atoms with van der Waals surface area (Å²) in [6, 6.07) is 14.0. The number of nitrogens with zero attached hydrogens (tertiary/aromatic N) is 1. The zero-order chi connectivity index (χ0) is 24.2. The van der Waals surface area contributed by atoms with Gasteiger partial charge in [-0.05, 0) is 74.2 Å². The van der Waals surface area contributed by atoms with E-state index in [9.17, 15) is 5.11 Å². The van der Waals surface area contributed by atoms with Crippen LogP contribution in [-0.2, 0) is 17.8 Å². The molecule has 0 bridgehead atoms. The largest absolute Gasteiger partial charge is 0.508 e. The molecule has 1 aromatic heterocycles. The number of phenolic OH excluding ortho intramolecular Hbond substituents is 1. The molecule has 1 atom stereocenters. The van der Waals surface area contributed by atoms with Gasteiger partial charge in [0.15, 0.2) is 11.5 Å². The van der Waals surface area contributed by atoms with Crippen molar-refractivity contribution in [2.45, 2.75) is 45.4 Å². The minimum Gasteiger partial charge on any atom is -0.508 e. The topological polar surface area (TPSA) is 60.4 Å². The van der Waals surface area contributed by atoms with E-state index in [0.717, 1.165) is 59.9 Å². The summed E-state index contributed by atoms with van der Waals surface area (Å²) in [5, 5.41) is 10.4. The normalized spacial score (nSPS) is 18.4. The molecular formula is C28H33NO5S. The van der Waals surface area contributed by atoms with Gasteiger partial charge in [0.1, 0.15) is 24.7 Å². The highest BCUT2D eigenvalue weighted by Crippen LogP contribution is 2.41. The molecule has 1 saturated heterocycles. The van der Waals surface area contributed by atoms with Gasteiger partial charge in [-0.25, -0.2) is 0 Å². The molecule has 1 N–H and O–H groups in total. The zero-order valence-electron chi connectivity index (χ0n) is 20.4. The van der Waals surface area contributed by atoms with Crippen molar-refractivity contribution in [1.82, 2.24) is 4.90 Å².